The highest BCUT2D eigenvalue weighted by molar-refractivity contribution is 5.93. The van der Waals surface area contributed by atoms with E-state index in [-0.39, 0.29) is 17.8 Å². The van der Waals surface area contributed by atoms with Gasteiger partial charge in [0.15, 0.2) is 0 Å². The summed E-state index contributed by atoms with van der Waals surface area (Å²) in [5, 5.41) is 0.587. The van der Waals surface area contributed by atoms with Gasteiger partial charge in [0.05, 0.1) is 35.0 Å². The zero-order valence-corrected chi connectivity index (χ0v) is 17.6. The largest absolute Gasteiger partial charge is 0.372 e. The summed E-state index contributed by atoms with van der Waals surface area (Å²) in [6, 6.07) is 19.6. The lowest BCUT2D eigenvalue weighted by atomic mass is 10.0. The molecule has 0 spiro atoms. The molecule has 0 bridgehead atoms. The minimum atomic E-state index is -0.106. The van der Waals surface area contributed by atoms with E-state index in [0.29, 0.717) is 16.6 Å². The SMILES string of the molecule is C[C@@H]1CN(c2ccc(-n3cnc4c(-c5ccccc5)cccc4c3=O)cn2)C[C@H](C)O1. The first-order chi connectivity index (χ1) is 15.1. The average Bonchev–Trinajstić information content (AvgIpc) is 2.79. The molecule has 5 rings (SSSR count). The first-order valence-corrected chi connectivity index (χ1v) is 10.5. The minimum absolute atomic E-state index is 0.106. The summed E-state index contributed by atoms with van der Waals surface area (Å²) in [5.41, 5.74) is 3.29. The van der Waals surface area contributed by atoms with E-state index in [1.165, 1.54) is 0 Å². The highest BCUT2D eigenvalue weighted by atomic mass is 16.5. The Morgan fingerprint density at radius 3 is 2.39 bits per heavy atom. The van der Waals surface area contributed by atoms with Gasteiger partial charge in [0, 0.05) is 18.7 Å². The number of ether oxygens (including phenoxy) is 1. The number of fused-ring (bicyclic) bond motifs is 1. The van der Waals surface area contributed by atoms with Crippen LogP contribution in [0.1, 0.15) is 13.8 Å². The molecule has 4 aromatic rings. The summed E-state index contributed by atoms with van der Waals surface area (Å²) in [6.07, 6.45) is 3.65. The quantitative estimate of drug-likeness (QED) is 0.508. The van der Waals surface area contributed by atoms with Crippen LogP contribution in [0.5, 0.6) is 0 Å². The maximum absolute atomic E-state index is 13.3. The van der Waals surface area contributed by atoms with Crippen molar-refractivity contribution in [3.8, 4) is 16.8 Å². The number of aromatic nitrogens is 3. The van der Waals surface area contributed by atoms with Gasteiger partial charge >= 0.3 is 0 Å². The molecule has 2 aromatic carbocycles. The topological polar surface area (TPSA) is 60.2 Å². The van der Waals surface area contributed by atoms with E-state index < -0.39 is 0 Å². The van der Waals surface area contributed by atoms with Crippen molar-refractivity contribution in [3.05, 3.63) is 83.5 Å². The van der Waals surface area contributed by atoms with Crippen LogP contribution in [-0.2, 0) is 4.74 Å². The first kappa shape index (κ1) is 19.5. The number of pyridine rings is 1. The smallest absolute Gasteiger partial charge is 0.265 e. The van der Waals surface area contributed by atoms with Crippen LogP contribution in [0.15, 0.2) is 78.0 Å². The van der Waals surface area contributed by atoms with Crippen LogP contribution in [0.4, 0.5) is 5.82 Å². The molecule has 3 heterocycles. The van der Waals surface area contributed by atoms with Crippen molar-refractivity contribution in [3.63, 3.8) is 0 Å². The zero-order valence-electron chi connectivity index (χ0n) is 17.6. The third-order valence-corrected chi connectivity index (χ3v) is 5.63. The van der Waals surface area contributed by atoms with Crippen LogP contribution in [0, 0.1) is 0 Å². The molecule has 0 radical (unpaired) electrons. The number of rotatable bonds is 3. The lowest BCUT2D eigenvalue weighted by molar-refractivity contribution is -0.00545. The Kier molecular flexibility index (Phi) is 5.00. The second-order valence-corrected chi connectivity index (χ2v) is 8.02. The second-order valence-electron chi connectivity index (χ2n) is 8.02. The highest BCUT2D eigenvalue weighted by Crippen LogP contribution is 2.26. The molecule has 0 aliphatic carbocycles. The Morgan fingerprint density at radius 2 is 1.68 bits per heavy atom. The predicted octanol–water partition coefficient (Wildman–Crippen LogP) is 4.06. The van der Waals surface area contributed by atoms with Crippen molar-refractivity contribution >= 4 is 16.7 Å². The van der Waals surface area contributed by atoms with Gasteiger partial charge in [-0.05, 0) is 37.6 Å². The normalized spacial score (nSPS) is 19.0. The third kappa shape index (κ3) is 3.70. The van der Waals surface area contributed by atoms with Gasteiger partial charge in [0.1, 0.15) is 12.1 Å². The van der Waals surface area contributed by atoms with Crippen LogP contribution in [0.3, 0.4) is 0 Å². The molecule has 1 aliphatic rings. The minimum Gasteiger partial charge on any atom is -0.372 e. The maximum Gasteiger partial charge on any atom is 0.265 e. The van der Waals surface area contributed by atoms with E-state index in [9.17, 15) is 4.79 Å². The third-order valence-electron chi connectivity index (χ3n) is 5.63. The fourth-order valence-electron chi connectivity index (χ4n) is 4.26. The zero-order chi connectivity index (χ0) is 21.4. The Balaban J connectivity index is 1.51. The van der Waals surface area contributed by atoms with Gasteiger partial charge in [-0.3, -0.25) is 9.36 Å². The Bertz CT molecular complexity index is 1260. The summed E-state index contributed by atoms with van der Waals surface area (Å²) in [4.78, 5) is 24.7. The Labute approximate surface area is 180 Å². The molecular formula is C25H24N4O2. The highest BCUT2D eigenvalue weighted by Gasteiger charge is 2.23. The Hall–Kier alpha value is -3.51. The molecule has 2 atom stereocenters. The monoisotopic (exact) mass is 412 g/mol. The van der Waals surface area contributed by atoms with E-state index in [1.54, 1.807) is 17.1 Å². The van der Waals surface area contributed by atoms with Gasteiger partial charge in [-0.1, -0.05) is 42.5 Å². The molecule has 1 saturated heterocycles. The van der Waals surface area contributed by atoms with E-state index in [0.717, 1.165) is 30.0 Å². The molecule has 0 amide bonds. The van der Waals surface area contributed by atoms with E-state index in [1.807, 2.05) is 60.7 Å². The molecule has 1 aliphatic heterocycles. The second kappa shape index (κ2) is 7.96. The first-order valence-electron chi connectivity index (χ1n) is 10.5. The molecule has 6 nitrogen and oxygen atoms in total. The van der Waals surface area contributed by atoms with Gasteiger partial charge in [-0.2, -0.15) is 0 Å². The predicted molar refractivity (Wildman–Crippen MR) is 123 cm³/mol. The average molecular weight is 412 g/mol. The van der Waals surface area contributed by atoms with Gasteiger partial charge in [0.25, 0.3) is 5.56 Å². The summed E-state index contributed by atoms with van der Waals surface area (Å²) < 4.78 is 7.36. The number of hydrogen-bond acceptors (Lipinski definition) is 5. The van der Waals surface area contributed by atoms with Crippen molar-refractivity contribution in [2.24, 2.45) is 0 Å². The summed E-state index contributed by atoms with van der Waals surface area (Å²) in [5.74, 6) is 0.888. The Morgan fingerprint density at radius 1 is 0.903 bits per heavy atom. The van der Waals surface area contributed by atoms with Crippen LogP contribution in [0.25, 0.3) is 27.7 Å². The summed E-state index contributed by atoms with van der Waals surface area (Å²) >= 11 is 0. The molecule has 1 fully saturated rings. The molecule has 6 heteroatoms. The van der Waals surface area contributed by atoms with Gasteiger partial charge in [-0.25, -0.2) is 9.97 Å². The number of morpholine rings is 1. The van der Waals surface area contributed by atoms with Crippen LogP contribution >= 0.6 is 0 Å². The lowest BCUT2D eigenvalue weighted by Gasteiger charge is -2.36. The molecular weight excluding hydrogens is 388 g/mol. The number of anilines is 1. The van der Waals surface area contributed by atoms with E-state index in [4.69, 9.17) is 4.74 Å². The van der Waals surface area contributed by atoms with Gasteiger partial charge < -0.3 is 9.64 Å². The van der Waals surface area contributed by atoms with Gasteiger partial charge in [-0.15, -0.1) is 0 Å². The molecule has 2 aromatic heterocycles. The number of hydrogen-bond donors (Lipinski definition) is 0. The molecule has 156 valence electrons. The standard InChI is InChI=1S/C25H24N4O2/c1-17-14-28(15-18(2)31-17)23-12-11-20(13-26-23)29-16-27-24-21(19-7-4-3-5-8-19)9-6-10-22(24)25(29)30/h3-13,16-18H,14-15H2,1-2H3/t17-,18+. The van der Waals surface area contributed by atoms with E-state index >= 15 is 0 Å². The van der Waals surface area contributed by atoms with Crippen molar-refractivity contribution in [1.29, 1.82) is 0 Å². The molecule has 0 saturated carbocycles. The van der Waals surface area contributed by atoms with Crippen molar-refractivity contribution < 1.29 is 4.74 Å². The lowest BCUT2D eigenvalue weighted by Crippen LogP contribution is -2.45. The fourth-order valence-corrected chi connectivity index (χ4v) is 4.26. The summed E-state index contributed by atoms with van der Waals surface area (Å²) in [7, 11) is 0. The van der Waals surface area contributed by atoms with Crippen molar-refractivity contribution in [2.75, 3.05) is 18.0 Å². The number of nitrogens with zero attached hydrogens (tertiary/aromatic N) is 4. The van der Waals surface area contributed by atoms with E-state index in [2.05, 4.69) is 28.7 Å². The fraction of sp³-hybridized carbons (Fsp3) is 0.240. The van der Waals surface area contributed by atoms with Crippen LogP contribution in [0.2, 0.25) is 0 Å². The molecule has 0 unspecified atom stereocenters. The van der Waals surface area contributed by atoms with Crippen LogP contribution < -0.4 is 10.5 Å². The molecule has 31 heavy (non-hydrogen) atoms. The number of benzene rings is 2. The van der Waals surface area contributed by atoms with Crippen molar-refractivity contribution in [2.45, 2.75) is 26.1 Å². The summed E-state index contributed by atoms with van der Waals surface area (Å²) in [6.45, 7) is 5.74. The van der Waals surface area contributed by atoms with Crippen molar-refractivity contribution in [1.82, 2.24) is 14.5 Å². The van der Waals surface area contributed by atoms with Crippen LogP contribution in [-0.4, -0.2) is 39.8 Å². The van der Waals surface area contributed by atoms with Gasteiger partial charge in [0.2, 0.25) is 0 Å². The maximum atomic E-state index is 13.3. The molecule has 0 N–H and O–H groups in total. The number of para-hydroxylation sites is 1.